The molecule has 2 rings (SSSR count). The van der Waals surface area contributed by atoms with Crippen LogP contribution in [0.1, 0.15) is 94.0 Å². The smallest absolute Gasteiger partial charge is 0.101 e. The topological polar surface area (TPSA) is 70.0 Å². The van der Waals surface area contributed by atoms with Crippen molar-refractivity contribution in [2.24, 2.45) is 5.73 Å². The number of nitriles is 1. The van der Waals surface area contributed by atoms with Crippen molar-refractivity contribution in [3.63, 3.8) is 0 Å². The minimum atomic E-state index is -0.450. The van der Waals surface area contributed by atoms with Gasteiger partial charge in [-0.1, -0.05) is 75.5 Å². The van der Waals surface area contributed by atoms with Gasteiger partial charge in [0.25, 0.3) is 0 Å². The Morgan fingerprint density at radius 2 is 1.65 bits per heavy atom. The van der Waals surface area contributed by atoms with Crippen LogP contribution < -0.4 is 5.73 Å². The van der Waals surface area contributed by atoms with Crippen LogP contribution in [0.15, 0.2) is 42.5 Å². The number of hydrogen-bond donors (Lipinski definition) is 2. The summed E-state index contributed by atoms with van der Waals surface area (Å²) >= 11 is 5.71. The zero-order valence-electron chi connectivity index (χ0n) is 19.6. The van der Waals surface area contributed by atoms with Gasteiger partial charge in [-0.05, 0) is 74.3 Å². The van der Waals surface area contributed by atoms with Crippen LogP contribution in [0.4, 0.5) is 0 Å². The zero-order valence-corrected chi connectivity index (χ0v) is 20.4. The van der Waals surface area contributed by atoms with Crippen molar-refractivity contribution in [3.8, 4) is 6.07 Å². The first-order valence-electron chi connectivity index (χ1n) is 11.5. The molecule has 4 heteroatoms. The van der Waals surface area contributed by atoms with Crippen LogP contribution in [0.25, 0.3) is 0 Å². The molecule has 0 heterocycles. The van der Waals surface area contributed by atoms with Gasteiger partial charge in [-0.15, -0.1) is 0 Å². The molecule has 31 heavy (non-hydrogen) atoms. The highest BCUT2D eigenvalue weighted by Crippen LogP contribution is 2.26. The van der Waals surface area contributed by atoms with E-state index >= 15 is 0 Å². The third kappa shape index (κ3) is 9.87. The maximum Gasteiger partial charge on any atom is 0.101 e. The van der Waals surface area contributed by atoms with Gasteiger partial charge >= 0.3 is 0 Å². The van der Waals surface area contributed by atoms with Crippen LogP contribution in [0.2, 0.25) is 5.02 Å². The average molecular weight is 443 g/mol. The van der Waals surface area contributed by atoms with Crippen LogP contribution in [0.3, 0.4) is 0 Å². The highest BCUT2D eigenvalue weighted by Gasteiger charge is 2.23. The van der Waals surface area contributed by atoms with Gasteiger partial charge in [0.05, 0.1) is 16.2 Å². The predicted octanol–water partition coefficient (Wildman–Crippen LogP) is 7.27. The fraction of sp³-hybridized carbons (Fsp3) is 0.519. The summed E-state index contributed by atoms with van der Waals surface area (Å²) in [5.41, 5.74) is 9.75. The van der Waals surface area contributed by atoms with Crippen molar-refractivity contribution < 1.29 is 5.11 Å². The van der Waals surface area contributed by atoms with Gasteiger partial charge in [-0.2, -0.15) is 5.26 Å². The summed E-state index contributed by atoms with van der Waals surface area (Å²) in [7, 11) is 0. The molecule has 1 atom stereocenters. The molecule has 0 amide bonds. The zero-order chi connectivity index (χ0) is 23.3. The van der Waals surface area contributed by atoms with Gasteiger partial charge in [-0.3, -0.25) is 0 Å². The monoisotopic (exact) mass is 442 g/mol. The van der Waals surface area contributed by atoms with E-state index in [1.807, 2.05) is 19.1 Å². The molecule has 0 aromatic heterocycles. The van der Waals surface area contributed by atoms with Gasteiger partial charge in [0.15, 0.2) is 0 Å². The van der Waals surface area contributed by atoms with Crippen LogP contribution in [-0.2, 0) is 6.42 Å². The van der Waals surface area contributed by atoms with E-state index in [0.29, 0.717) is 10.6 Å². The van der Waals surface area contributed by atoms with E-state index in [0.717, 1.165) is 56.9 Å². The lowest BCUT2D eigenvalue weighted by Crippen LogP contribution is -2.28. The van der Waals surface area contributed by atoms with Crippen molar-refractivity contribution in [2.45, 2.75) is 90.7 Å². The normalized spacial score (nSPS) is 11.9. The van der Waals surface area contributed by atoms with E-state index in [1.54, 1.807) is 12.1 Å². The summed E-state index contributed by atoms with van der Waals surface area (Å²) in [4.78, 5) is 0. The third-order valence-electron chi connectivity index (χ3n) is 5.63. The molecule has 2 aromatic rings. The predicted molar refractivity (Wildman–Crippen MR) is 132 cm³/mol. The van der Waals surface area contributed by atoms with Crippen LogP contribution in [-0.4, -0.2) is 10.7 Å². The largest absolute Gasteiger partial charge is 0.390 e. The van der Waals surface area contributed by atoms with E-state index in [2.05, 4.69) is 45.0 Å². The molecule has 0 spiro atoms. The molecule has 0 radical (unpaired) electrons. The Morgan fingerprint density at radius 3 is 2.13 bits per heavy atom. The molecular weight excluding hydrogens is 404 g/mol. The van der Waals surface area contributed by atoms with Gasteiger partial charge < -0.3 is 10.8 Å². The summed E-state index contributed by atoms with van der Waals surface area (Å²) in [6.07, 6.45) is 7.93. The van der Waals surface area contributed by atoms with Crippen molar-refractivity contribution in [2.75, 3.05) is 0 Å². The Bertz CT molecular complexity index is 805. The Kier molecular flexibility index (Phi) is 12.5. The molecule has 0 saturated heterocycles. The fourth-order valence-electron chi connectivity index (χ4n) is 3.81. The Balaban J connectivity index is 0.000000399. The second-order valence-corrected chi connectivity index (χ2v) is 8.84. The molecule has 3 N–H and O–H groups in total. The van der Waals surface area contributed by atoms with Crippen molar-refractivity contribution in [1.29, 1.82) is 5.26 Å². The minimum absolute atomic E-state index is 0.151. The maximum atomic E-state index is 10.6. The summed E-state index contributed by atoms with van der Waals surface area (Å²) in [5, 5.41) is 19.6. The molecule has 1 unspecified atom stereocenters. The summed E-state index contributed by atoms with van der Waals surface area (Å²) in [6, 6.07) is 16.2. The lowest BCUT2D eigenvalue weighted by atomic mass is 9.87. The number of nitrogens with zero attached hydrogens (tertiary/aromatic N) is 1. The van der Waals surface area contributed by atoms with E-state index in [-0.39, 0.29) is 6.04 Å². The molecule has 0 aliphatic rings. The Hall–Kier alpha value is -1.86. The molecule has 3 nitrogen and oxygen atoms in total. The van der Waals surface area contributed by atoms with Gasteiger partial charge in [0, 0.05) is 6.04 Å². The molecule has 0 aliphatic heterocycles. The van der Waals surface area contributed by atoms with Crippen molar-refractivity contribution in [3.05, 3.63) is 69.7 Å². The molecule has 0 saturated carbocycles. The number of hydrogen-bond acceptors (Lipinski definition) is 3. The minimum Gasteiger partial charge on any atom is -0.390 e. The number of aliphatic hydroxyl groups is 1. The van der Waals surface area contributed by atoms with Crippen molar-refractivity contribution >= 4 is 11.6 Å². The van der Waals surface area contributed by atoms with Gasteiger partial charge in [0.2, 0.25) is 0 Å². The lowest BCUT2D eigenvalue weighted by Gasteiger charge is -2.27. The molecule has 0 aliphatic carbocycles. The quantitative estimate of drug-likeness (QED) is 0.406. The number of benzene rings is 2. The SMILES string of the molecule is CCCC(O)(CCC)CCCc1ccc(C(N)CC)cc1.Cc1ccc(C#N)c(Cl)c1. The summed E-state index contributed by atoms with van der Waals surface area (Å²) in [6.45, 7) is 8.35. The fourth-order valence-corrected chi connectivity index (χ4v) is 4.08. The van der Waals surface area contributed by atoms with E-state index < -0.39 is 5.60 Å². The second kappa shape index (κ2) is 14.2. The molecule has 0 bridgehead atoms. The average Bonchev–Trinajstić information content (AvgIpc) is 2.74. The van der Waals surface area contributed by atoms with E-state index in [4.69, 9.17) is 22.6 Å². The first-order valence-corrected chi connectivity index (χ1v) is 11.9. The van der Waals surface area contributed by atoms with Crippen molar-refractivity contribution in [1.82, 2.24) is 0 Å². The molecular formula is C27H39ClN2O. The lowest BCUT2D eigenvalue weighted by molar-refractivity contribution is 0.0112. The van der Waals surface area contributed by atoms with Crippen LogP contribution >= 0.6 is 11.6 Å². The van der Waals surface area contributed by atoms with Crippen LogP contribution in [0.5, 0.6) is 0 Å². The summed E-state index contributed by atoms with van der Waals surface area (Å²) in [5.74, 6) is 0. The second-order valence-electron chi connectivity index (χ2n) is 8.43. The van der Waals surface area contributed by atoms with Gasteiger partial charge in [-0.25, -0.2) is 0 Å². The number of halogens is 1. The highest BCUT2D eigenvalue weighted by molar-refractivity contribution is 6.31. The first-order chi connectivity index (χ1) is 14.8. The van der Waals surface area contributed by atoms with E-state index in [1.165, 1.54) is 11.1 Å². The third-order valence-corrected chi connectivity index (χ3v) is 5.94. The maximum absolute atomic E-state index is 10.6. The van der Waals surface area contributed by atoms with Crippen LogP contribution in [0, 0.1) is 18.3 Å². The Morgan fingerprint density at radius 1 is 1.03 bits per heavy atom. The molecule has 2 aromatic carbocycles. The Labute approximate surface area is 194 Å². The number of aryl methyl sites for hydroxylation is 2. The highest BCUT2D eigenvalue weighted by atomic mass is 35.5. The summed E-state index contributed by atoms with van der Waals surface area (Å²) < 4.78 is 0. The molecule has 0 fully saturated rings. The van der Waals surface area contributed by atoms with E-state index in [9.17, 15) is 5.11 Å². The first kappa shape index (κ1) is 27.2. The van der Waals surface area contributed by atoms with Gasteiger partial charge in [0.1, 0.15) is 6.07 Å². The number of rotatable bonds is 10. The number of nitrogens with two attached hydrogens (primary N) is 1. The standard InChI is InChI=1S/C19H33NO.C8H6ClN/c1-4-13-19(21,14-5-2)15-7-8-16-9-11-17(12-10-16)18(20)6-3;1-6-2-3-7(5-10)8(9)4-6/h9-12,18,21H,4-8,13-15,20H2,1-3H3;2-4H,1H3. The molecule has 170 valence electrons.